The van der Waals surface area contributed by atoms with Crippen molar-refractivity contribution in [2.24, 2.45) is 5.92 Å². The lowest BCUT2D eigenvalue weighted by atomic mass is 9.79. The quantitative estimate of drug-likeness (QED) is 0.649. The maximum absolute atomic E-state index is 5.18. The summed E-state index contributed by atoms with van der Waals surface area (Å²) in [6.07, 6.45) is 2.46. The summed E-state index contributed by atoms with van der Waals surface area (Å²) < 4.78 is 0. The van der Waals surface area contributed by atoms with Crippen molar-refractivity contribution in [3.05, 3.63) is 35.4 Å². The maximum Gasteiger partial charge on any atom is 0.166 e. The average Bonchev–Trinajstić information content (AvgIpc) is 2.29. The van der Waals surface area contributed by atoms with E-state index in [-0.39, 0.29) is 0 Å². The van der Waals surface area contributed by atoms with E-state index in [1.165, 1.54) is 24.0 Å². The van der Waals surface area contributed by atoms with E-state index in [1.54, 1.807) is 0 Å². The lowest BCUT2D eigenvalue weighted by Gasteiger charge is -2.39. The molecule has 0 radical (unpaired) electrons. The Labute approximate surface area is 95.1 Å². The summed E-state index contributed by atoms with van der Waals surface area (Å²) in [5, 5.41) is 7.43. The van der Waals surface area contributed by atoms with Gasteiger partial charge in [0.05, 0.1) is 6.04 Å². The first-order valence-electron chi connectivity index (χ1n) is 5.47. The molecule has 1 aliphatic carbocycles. The SMILES string of the molecule is S=C1NCC2CCc3ccccc3C2N1. The van der Waals surface area contributed by atoms with Gasteiger partial charge < -0.3 is 10.6 Å². The van der Waals surface area contributed by atoms with Crippen LogP contribution in [0.4, 0.5) is 0 Å². The van der Waals surface area contributed by atoms with E-state index in [4.69, 9.17) is 12.2 Å². The summed E-state index contributed by atoms with van der Waals surface area (Å²) in [7, 11) is 0. The molecule has 1 aromatic carbocycles. The van der Waals surface area contributed by atoms with E-state index in [1.807, 2.05) is 0 Å². The summed E-state index contributed by atoms with van der Waals surface area (Å²) >= 11 is 5.18. The van der Waals surface area contributed by atoms with Crippen molar-refractivity contribution in [3.63, 3.8) is 0 Å². The van der Waals surface area contributed by atoms with E-state index in [0.29, 0.717) is 12.0 Å². The van der Waals surface area contributed by atoms with Gasteiger partial charge in [-0.25, -0.2) is 0 Å². The van der Waals surface area contributed by atoms with Gasteiger partial charge in [0.2, 0.25) is 0 Å². The largest absolute Gasteiger partial charge is 0.362 e. The highest BCUT2D eigenvalue weighted by atomic mass is 32.1. The number of aryl methyl sites for hydroxylation is 1. The van der Waals surface area contributed by atoms with Crippen LogP contribution in [-0.2, 0) is 6.42 Å². The van der Waals surface area contributed by atoms with Crippen LogP contribution in [0.25, 0.3) is 0 Å². The highest BCUT2D eigenvalue weighted by Crippen LogP contribution is 2.35. The summed E-state index contributed by atoms with van der Waals surface area (Å²) in [6, 6.07) is 9.14. The first kappa shape index (κ1) is 9.16. The predicted molar refractivity (Wildman–Crippen MR) is 64.7 cm³/mol. The molecule has 15 heavy (non-hydrogen) atoms. The van der Waals surface area contributed by atoms with Gasteiger partial charge >= 0.3 is 0 Å². The second-order valence-electron chi connectivity index (χ2n) is 4.33. The Kier molecular flexibility index (Phi) is 2.13. The fourth-order valence-electron chi connectivity index (χ4n) is 2.66. The second kappa shape index (κ2) is 3.49. The van der Waals surface area contributed by atoms with Crippen LogP contribution in [0, 0.1) is 5.92 Å². The van der Waals surface area contributed by atoms with E-state index in [2.05, 4.69) is 34.9 Å². The maximum atomic E-state index is 5.18. The first-order valence-corrected chi connectivity index (χ1v) is 5.87. The summed E-state index contributed by atoms with van der Waals surface area (Å²) in [5.41, 5.74) is 2.92. The zero-order chi connectivity index (χ0) is 10.3. The van der Waals surface area contributed by atoms with Gasteiger partial charge in [0.15, 0.2) is 5.11 Å². The van der Waals surface area contributed by atoms with Crippen LogP contribution >= 0.6 is 12.2 Å². The Morgan fingerprint density at radius 1 is 1.27 bits per heavy atom. The number of fused-ring (bicyclic) bond motifs is 3. The van der Waals surface area contributed by atoms with Crippen LogP contribution in [0.15, 0.2) is 24.3 Å². The average molecular weight is 218 g/mol. The molecule has 2 N–H and O–H groups in total. The predicted octanol–water partition coefficient (Wildman–Crippen LogP) is 1.77. The normalized spacial score (nSPS) is 28.4. The summed E-state index contributed by atoms with van der Waals surface area (Å²) in [4.78, 5) is 0. The second-order valence-corrected chi connectivity index (χ2v) is 4.74. The van der Waals surface area contributed by atoms with Gasteiger partial charge in [-0.2, -0.15) is 0 Å². The number of hydrogen-bond acceptors (Lipinski definition) is 1. The van der Waals surface area contributed by atoms with Gasteiger partial charge in [-0.05, 0) is 36.2 Å². The summed E-state index contributed by atoms with van der Waals surface area (Å²) in [5.74, 6) is 0.687. The van der Waals surface area contributed by atoms with E-state index >= 15 is 0 Å². The Morgan fingerprint density at radius 2 is 2.13 bits per heavy atom. The van der Waals surface area contributed by atoms with Crippen molar-refractivity contribution in [3.8, 4) is 0 Å². The zero-order valence-corrected chi connectivity index (χ0v) is 9.31. The molecule has 2 nitrogen and oxygen atoms in total. The van der Waals surface area contributed by atoms with Crippen LogP contribution in [-0.4, -0.2) is 11.7 Å². The number of nitrogens with one attached hydrogen (secondary N) is 2. The van der Waals surface area contributed by atoms with Crippen LogP contribution < -0.4 is 10.6 Å². The highest BCUT2D eigenvalue weighted by molar-refractivity contribution is 7.80. The van der Waals surface area contributed by atoms with Gasteiger partial charge in [0.25, 0.3) is 0 Å². The van der Waals surface area contributed by atoms with E-state index < -0.39 is 0 Å². The molecule has 2 unspecified atom stereocenters. The third kappa shape index (κ3) is 1.51. The minimum absolute atomic E-state index is 0.434. The third-order valence-electron chi connectivity index (χ3n) is 3.46. The molecule has 78 valence electrons. The molecule has 1 fully saturated rings. The van der Waals surface area contributed by atoms with E-state index in [9.17, 15) is 0 Å². The molecule has 0 saturated carbocycles. The monoisotopic (exact) mass is 218 g/mol. The third-order valence-corrected chi connectivity index (χ3v) is 3.72. The minimum Gasteiger partial charge on any atom is -0.362 e. The molecule has 1 aliphatic heterocycles. The number of benzene rings is 1. The van der Waals surface area contributed by atoms with Crippen LogP contribution in [0.2, 0.25) is 0 Å². The highest BCUT2D eigenvalue weighted by Gasteiger charge is 2.32. The van der Waals surface area contributed by atoms with Gasteiger partial charge in [-0.3, -0.25) is 0 Å². The topological polar surface area (TPSA) is 24.1 Å². The Hall–Kier alpha value is -1.09. The number of rotatable bonds is 0. The molecule has 0 aromatic heterocycles. The Bertz CT molecular complexity index is 402. The van der Waals surface area contributed by atoms with Gasteiger partial charge in [0, 0.05) is 12.5 Å². The van der Waals surface area contributed by atoms with Crippen molar-refractivity contribution < 1.29 is 0 Å². The lowest BCUT2D eigenvalue weighted by molar-refractivity contribution is 0.327. The molecular weight excluding hydrogens is 204 g/mol. The van der Waals surface area contributed by atoms with Crippen molar-refractivity contribution in [2.75, 3.05) is 6.54 Å². The molecular formula is C12H14N2S. The molecule has 2 atom stereocenters. The molecule has 2 aliphatic rings. The first-order chi connectivity index (χ1) is 7.34. The number of hydrogen-bond donors (Lipinski definition) is 2. The number of thiocarbonyl (C=S) groups is 1. The molecule has 3 heteroatoms. The van der Waals surface area contributed by atoms with Crippen molar-refractivity contribution in [1.82, 2.24) is 10.6 Å². The molecule has 0 spiro atoms. The Balaban J connectivity index is 2.00. The molecule has 1 heterocycles. The lowest BCUT2D eigenvalue weighted by Crippen LogP contribution is -2.51. The standard InChI is InChI=1S/C12H14N2S/c15-12-13-7-9-6-5-8-3-1-2-4-10(8)11(9)14-12/h1-4,9,11H,5-7H2,(H2,13,14,15). The van der Waals surface area contributed by atoms with Crippen molar-refractivity contribution in [2.45, 2.75) is 18.9 Å². The zero-order valence-electron chi connectivity index (χ0n) is 8.49. The van der Waals surface area contributed by atoms with Crippen molar-refractivity contribution >= 4 is 17.3 Å². The van der Waals surface area contributed by atoms with Crippen LogP contribution in [0.3, 0.4) is 0 Å². The fourth-order valence-corrected chi connectivity index (χ4v) is 2.87. The van der Waals surface area contributed by atoms with Crippen LogP contribution in [0.5, 0.6) is 0 Å². The van der Waals surface area contributed by atoms with Gasteiger partial charge in [-0.15, -0.1) is 0 Å². The Morgan fingerprint density at radius 3 is 3.07 bits per heavy atom. The van der Waals surface area contributed by atoms with Gasteiger partial charge in [-0.1, -0.05) is 24.3 Å². The van der Waals surface area contributed by atoms with Crippen molar-refractivity contribution in [1.29, 1.82) is 0 Å². The van der Waals surface area contributed by atoms with Crippen LogP contribution in [0.1, 0.15) is 23.6 Å². The molecule has 1 saturated heterocycles. The molecule has 3 rings (SSSR count). The summed E-state index contributed by atoms with van der Waals surface area (Å²) in [6.45, 7) is 1.02. The smallest absolute Gasteiger partial charge is 0.166 e. The molecule has 0 amide bonds. The molecule has 0 bridgehead atoms. The van der Waals surface area contributed by atoms with E-state index in [0.717, 1.165) is 11.7 Å². The minimum atomic E-state index is 0.434. The van der Waals surface area contributed by atoms with Gasteiger partial charge in [0.1, 0.15) is 0 Å². The fraction of sp³-hybridized carbons (Fsp3) is 0.417. The molecule has 1 aromatic rings.